The van der Waals surface area contributed by atoms with Crippen LogP contribution in [0.4, 0.5) is 5.69 Å². The summed E-state index contributed by atoms with van der Waals surface area (Å²) in [5.74, 6) is 1.54. The van der Waals surface area contributed by atoms with Crippen molar-refractivity contribution in [3.63, 3.8) is 0 Å². The molecule has 0 unspecified atom stereocenters. The van der Waals surface area contributed by atoms with Crippen LogP contribution in [0.15, 0.2) is 79.1 Å². The Bertz CT molecular complexity index is 924. The number of aromatic nitrogens is 1. The first-order chi connectivity index (χ1) is 14.7. The molecule has 4 rings (SSSR count). The first-order valence-electron chi connectivity index (χ1n) is 10.2. The van der Waals surface area contributed by atoms with Crippen LogP contribution < -0.4 is 10.1 Å². The van der Waals surface area contributed by atoms with Crippen molar-refractivity contribution in [3.8, 4) is 11.5 Å². The Kier molecular flexibility index (Phi) is 6.69. The Balaban J connectivity index is 1.20. The van der Waals surface area contributed by atoms with E-state index in [-0.39, 0.29) is 5.91 Å². The van der Waals surface area contributed by atoms with Crippen molar-refractivity contribution >= 4 is 11.6 Å². The van der Waals surface area contributed by atoms with Gasteiger partial charge < -0.3 is 10.1 Å². The number of rotatable bonds is 7. The third-order valence-corrected chi connectivity index (χ3v) is 5.10. The number of nitrogens with zero attached hydrogens (tertiary/aromatic N) is 3. The van der Waals surface area contributed by atoms with Crippen molar-refractivity contribution < 1.29 is 9.53 Å². The van der Waals surface area contributed by atoms with Gasteiger partial charge in [0.15, 0.2) is 0 Å². The summed E-state index contributed by atoms with van der Waals surface area (Å²) < 4.78 is 5.78. The fraction of sp³-hybridized carbons (Fsp3) is 0.250. The summed E-state index contributed by atoms with van der Waals surface area (Å²) >= 11 is 0. The second-order valence-electron chi connectivity index (χ2n) is 7.40. The predicted molar refractivity (Wildman–Crippen MR) is 118 cm³/mol. The molecule has 154 valence electrons. The van der Waals surface area contributed by atoms with Gasteiger partial charge in [0, 0.05) is 50.8 Å². The van der Waals surface area contributed by atoms with Crippen LogP contribution in [0.1, 0.15) is 5.56 Å². The second-order valence-corrected chi connectivity index (χ2v) is 7.40. The van der Waals surface area contributed by atoms with Gasteiger partial charge in [-0.05, 0) is 54.1 Å². The van der Waals surface area contributed by atoms with E-state index < -0.39 is 0 Å². The van der Waals surface area contributed by atoms with Crippen LogP contribution in [0, 0.1) is 0 Å². The highest BCUT2D eigenvalue weighted by Crippen LogP contribution is 2.22. The largest absolute Gasteiger partial charge is 0.457 e. The highest BCUT2D eigenvalue weighted by atomic mass is 16.5. The number of hydrogen-bond donors (Lipinski definition) is 1. The van der Waals surface area contributed by atoms with E-state index in [0.717, 1.165) is 49.9 Å². The average molecular weight is 402 g/mol. The van der Waals surface area contributed by atoms with Crippen molar-refractivity contribution in [1.82, 2.24) is 14.8 Å². The molecule has 30 heavy (non-hydrogen) atoms. The Morgan fingerprint density at radius 3 is 2.17 bits per heavy atom. The number of benzene rings is 2. The van der Waals surface area contributed by atoms with E-state index in [1.54, 1.807) is 0 Å². The molecule has 6 nitrogen and oxygen atoms in total. The number of piperazine rings is 1. The maximum atomic E-state index is 12.4. The van der Waals surface area contributed by atoms with Gasteiger partial charge in [0.1, 0.15) is 11.5 Å². The van der Waals surface area contributed by atoms with Crippen molar-refractivity contribution in [2.45, 2.75) is 6.54 Å². The maximum Gasteiger partial charge on any atom is 0.238 e. The Morgan fingerprint density at radius 2 is 1.47 bits per heavy atom. The smallest absolute Gasteiger partial charge is 0.238 e. The van der Waals surface area contributed by atoms with E-state index in [2.05, 4.69) is 32.2 Å². The zero-order chi connectivity index (χ0) is 20.6. The van der Waals surface area contributed by atoms with Crippen LogP contribution in [-0.4, -0.2) is 53.4 Å². The monoisotopic (exact) mass is 402 g/mol. The van der Waals surface area contributed by atoms with Crippen LogP contribution in [-0.2, 0) is 11.3 Å². The number of anilines is 1. The number of pyridine rings is 1. The standard InChI is InChI=1S/C24H26N4O2/c29-24(19-28-16-14-27(15-17-28)18-20-10-12-25-13-11-20)26-21-6-8-23(9-7-21)30-22-4-2-1-3-5-22/h1-13H,14-19H2,(H,26,29). The van der Waals surface area contributed by atoms with Gasteiger partial charge in [-0.1, -0.05) is 18.2 Å². The van der Waals surface area contributed by atoms with E-state index in [1.807, 2.05) is 67.0 Å². The summed E-state index contributed by atoms with van der Waals surface area (Å²) in [4.78, 5) is 21.1. The normalized spacial score (nSPS) is 14.9. The molecule has 0 radical (unpaired) electrons. The molecule has 1 amide bonds. The van der Waals surface area contributed by atoms with Gasteiger partial charge in [-0.2, -0.15) is 0 Å². The minimum atomic E-state index is 0.00862. The molecule has 1 N–H and O–H groups in total. The highest BCUT2D eigenvalue weighted by molar-refractivity contribution is 5.92. The summed E-state index contributed by atoms with van der Waals surface area (Å²) in [5, 5.41) is 2.97. The molecule has 6 heteroatoms. The molecule has 1 aliphatic rings. The number of para-hydroxylation sites is 1. The minimum absolute atomic E-state index is 0.00862. The molecule has 2 heterocycles. The summed E-state index contributed by atoms with van der Waals surface area (Å²) in [6.45, 7) is 5.04. The van der Waals surface area contributed by atoms with Gasteiger partial charge in [0.05, 0.1) is 6.54 Å². The maximum absolute atomic E-state index is 12.4. The molecule has 1 aromatic heterocycles. The lowest BCUT2D eigenvalue weighted by Crippen LogP contribution is -2.48. The number of carbonyl (C=O) groups excluding carboxylic acids is 1. The molecule has 0 atom stereocenters. The van der Waals surface area contributed by atoms with Gasteiger partial charge in [0.25, 0.3) is 0 Å². The molecular formula is C24H26N4O2. The Hall–Kier alpha value is -3.22. The fourth-order valence-corrected chi connectivity index (χ4v) is 3.49. The first-order valence-corrected chi connectivity index (χ1v) is 10.2. The topological polar surface area (TPSA) is 57.7 Å². The Labute approximate surface area is 177 Å². The van der Waals surface area contributed by atoms with E-state index >= 15 is 0 Å². The van der Waals surface area contributed by atoms with Crippen LogP contribution in [0.25, 0.3) is 0 Å². The lowest BCUT2D eigenvalue weighted by molar-refractivity contribution is -0.117. The van der Waals surface area contributed by atoms with E-state index in [0.29, 0.717) is 6.54 Å². The molecule has 0 aliphatic carbocycles. The molecule has 1 aliphatic heterocycles. The predicted octanol–water partition coefficient (Wildman–Crippen LogP) is 3.63. The zero-order valence-electron chi connectivity index (χ0n) is 16.9. The van der Waals surface area contributed by atoms with Gasteiger partial charge in [-0.3, -0.25) is 19.6 Å². The van der Waals surface area contributed by atoms with Crippen LogP contribution in [0.2, 0.25) is 0 Å². The van der Waals surface area contributed by atoms with Crippen LogP contribution in [0.5, 0.6) is 11.5 Å². The number of carbonyl (C=O) groups is 1. The van der Waals surface area contributed by atoms with Crippen LogP contribution >= 0.6 is 0 Å². The molecule has 0 spiro atoms. The lowest BCUT2D eigenvalue weighted by atomic mass is 10.2. The van der Waals surface area contributed by atoms with Crippen molar-refractivity contribution in [2.75, 3.05) is 38.0 Å². The van der Waals surface area contributed by atoms with E-state index in [4.69, 9.17) is 4.74 Å². The molecule has 1 saturated heterocycles. The zero-order valence-corrected chi connectivity index (χ0v) is 16.9. The highest BCUT2D eigenvalue weighted by Gasteiger charge is 2.19. The quantitative estimate of drug-likeness (QED) is 0.654. The average Bonchev–Trinajstić information content (AvgIpc) is 2.78. The van der Waals surface area contributed by atoms with Crippen molar-refractivity contribution in [1.29, 1.82) is 0 Å². The molecule has 2 aromatic carbocycles. The fourth-order valence-electron chi connectivity index (χ4n) is 3.49. The number of hydrogen-bond acceptors (Lipinski definition) is 5. The first kappa shape index (κ1) is 20.1. The van der Waals surface area contributed by atoms with Crippen LogP contribution in [0.3, 0.4) is 0 Å². The number of ether oxygens (including phenoxy) is 1. The number of amides is 1. The third kappa shape index (κ3) is 5.89. The summed E-state index contributed by atoms with van der Waals surface area (Å²) in [6, 6.07) is 21.2. The Morgan fingerprint density at radius 1 is 0.833 bits per heavy atom. The molecule has 1 fully saturated rings. The molecule has 0 saturated carbocycles. The molecule has 3 aromatic rings. The summed E-state index contributed by atoms with van der Waals surface area (Å²) in [7, 11) is 0. The molecular weight excluding hydrogens is 376 g/mol. The summed E-state index contributed by atoms with van der Waals surface area (Å²) in [6.07, 6.45) is 3.66. The summed E-state index contributed by atoms with van der Waals surface area (Å²) in [5.41, 5.74) is 2.05. The van der Waals surface area contributed by atoms with E-state index in [1.165, 1.54) is 5.56 Å². The van der Waals surface area contributed by atoms with Gasteiger partial charge in [-0.25, -0.2) is 0 Å². The minimum Gasteiger partial charge on any atom is -0.457 e. The third-order valence-electron chi connectivity index (χ3n) is 5.10. The molecule has 0 bridgehead atoms. The van der Waals surface area contributed by atoms with Gasteiger partial charge >= 0.3 is 0 Å². The number of nitrogens with one attached hydrogen (secondary N) is 1. The van der Waals surface area contributed by atoms with Gasteiger partial charge in [-0.15, -0.1) is 0 Å². The lowest BCUT2D eigenvalue weighted by Gasteiger charge is -2.34. The second kappa shape index (κ2) is 10.0. The van der Waals surface area contributed by atoms with Crippen molar-refractivity contribution in [3.05, 3.63) is 84.7 Å². The van der Waals surface area contributed by atoms with E-state index in [9.17, 15) is 4.79 Å². The SMILES string of the molecule is O=C(CN1CCN(Cc2ccncc2)CC1)Nc1ccc(Oc2ccccc2)cc1. The van der Waals surface area contributed by atoms with Crippen molar-refractivity contribution in [2.24, 2.45) is 0 Å². The van der Waals surface area contributed by atoms with Gasteiger partial charge in [0.2, 0.25) is 5.91 Å².